The van der Waals surface area contributed by atoms with Gasteiger partial charge in [-0.05, 0) is 22.4 Å². The van der Waals surface area contributed by atoms with Crippen molar-refractivity contribution in [2.45, 2.75) is 13.0 Å². The first-order valence-corrected chi connectivity index (χ1v) is 7.84. The maximum atomic E-state index is 13.5. The Balaban J connectivity index is 1.72. The molecule has 0 radical (unpaired) electrons. The van der Waals surface area contributed by atoms with E-state index in [1.54, 1.807) is 18.2 Å². The maximum Gasteiger partial charge on any atom is 0.249 e. The summed E-state index contributed by atoms with van der Waals surface area (Å²) in [4.78, 5) is 17.0. The van der Waals surface area contributed by atoms with Gasteiger partial charge in [-0.3, -0.25) is 4.79 Å². The molecule has 0 aromatic heterocycles. The smallest absolute Gasteiger partial charge is 0.249 e. The third-order valence-corrected chi connectivity index (χ3v) is 3.90. The zero-order chi connectivity index (χ0) is 17.6. The highest BCUT2D eigenvalue weighted by Crippen LogP contribution is 2.22. The number of amides is 1. The van der Waals surface area contributed by atoms with Gasteiger partial charge in [-0.2, -0.15) is 0 Å². The quantitative estimate of drug-likeness (QED) is 0.549. The lowest BCUT2D eigenvalue weighted by atomic mass is 9.97. The van der Waals surface area contributed by atoms with E-state index >= 15 is 0 Å². The fourth-order valence-corrected chi connectivity index (χ4v) is 2.69. The highest BCUT2D eigenvalue weighted by Gasteiger charge is 2.11. The summed E-state index contributed by atoms with van der Waals surface area (Å²) in [7, 11) is 0. The lowest BCUT2D eigenvalue weighted by Crippen LogP contribution is -2.14. The van der Waals surface area contributed by atoms with Crippen LogP contribution in [0.1, 0.15) is 21.5 Å². The number of hydrogen-bond acceptors (Lipinski definition) is 3. The summed E-state index contributed by atoms with van der Waals surface area (Å²) in [5.41, 5.74) is 7.23. The number of fused-ring (bicyclic) bond motifs is 1. The molecule has 0 spiro atoms. The van der Waals surface area contributed by atoms with E-state index in [4.69, 9.17) is 10.6 Å². The molecule has 0 fully saturated rings. The first-order chi connectivity index (χ1) is 12.2. The second-order valence-corrected chi connectivity index (χ2v) is 5.54. The molecule has 4 nitrogen and oxygen atoms in total. The average molecular weight is 336 g/mol. The summed E-state index contributed by atoms with van der Waals surface area (Å²) in [6.07, 6.45) is 1.93. The standard InChI is InChI=1S/C20H17FN2O2/c21-18-8-4-2-6-16(18)13-25-23-12-11-15-10-9-14-5-1-3-7-17(14)19(15)20(22)24/h1-10,12H,11,13H2,(H2,22,24). The zero-order valence-corrected chi connectivity index (χ0v) is 13.5. The minimum absolute atomic E-state index is 0.0452. The first kappa shape index (κ1) is 16.6. The van der Waals surface area contributed by atoms with Gasteiger partial charge in [0.1, 0.15) is 12.4 Å². The number of benzene rings is 3. The Hall–Kier alpha value is -3.21. The fourth-order valence-electron chi connectivity index (χ4n) is 2.69. The number of nitrogens with two attached hydrogens (primary N) is 1. The molecule has 0 aliphatic heterocycles. The van der Waals surface area contributed by atoms with Crippen molar-refractivity contribution in [1.29, 1.82) is 0 Å². The Labute approximate surface area is 144 Å². The van der Waals surface area contributed by atoms with E-state index < -0.39 is 5.91 Å². The van der Waals surface area contributed by atoms with Crippen molar-refractivity contribution in [1.82, 2.24) is 0 Å². The summed E-state index contributed by atoms with van der Waals surface area (Å²) < 4.78 is 13.5. The third kappa shape index (κ3) is 3.83. The molecule has 3 rings (SSSR count). The predicted molar refractivity (Wildman–Crippen MR) is 95.9 cm³/mol. The highest BCUT2D eigenvalue weighted by molar-refractivity contribution is 6.08. The molecule has 0 aliphatic rings. The fraction of sp³-hybridized carbons (Fsp3) is 0.100. The van der Waals surface area contributed by atoms with Crippen molar-refractivity contribution in [3.63, 3.8) is 0 Å². The Kier molecular flexibility index (Phi) is 5.04. The van der Waals surface area contributed by atoms with Crippen molar-refractivity contribution in [2.24, 2.45) is 10.9 Å². The van der Waals surface area contributed by atoms with Crippen molar-refractivity contribution in [2.75, 3.05) is 0 Å². The summed E-state index contributed by atoms with van der Waals surface area (Å²) in [6, 6.07) is 17.7. The average Bonchev–Trinajstić information content (AvgIpc) is 2.62. The molecule has 0 atom stereocenters. The molecular weight excluding hydrogens is 319 g/mol. The van der Waals surface area contributed by atoms with E-state index in [9.17, 15) is 9.18 Å². The number of halogens is 1. The molecule has 0 unspecified atom stereocenters. The molecule has 0 saturated heterocycles. The molecule has 2 N–H and O–H groups in total. The number of carbonyl (C=O) groups excluding carboxylic acids is 1. The monoisotopic (exact) mass is 336 g/mol. The van der Waals surface area contributed by atoms with Gasteiger partial charge in [0, 0.05) is 18.2 Å². The number of carbonyl (C=O) groups is 1. The second kappa shape index (κ2) is 7.57. The molecule has 3 aromatic rings. The van der Waals surface area contributed by atoms with Gasteiger partial charge in [0.05, 0.1) is 5.56 Å². The molecule has 0 aliphatic carbocycles. The van der Waals surface area contributed by atoms with E-state index in [1.165, 1.54) is 12.3 Å². The van der Waals surface area contributed by atoms with Gasteiger partial charge in [-0.25, -0.2) is 4.39 Å². The molecule has 0 heterocycles. The summed E-state index contributed by atoms with van der Waals surface area (Å²) >= 11 is 0. The second-order valence-electron chi connectivity index (χ2n) is 5.54. The van der Waals surface area contributed by atoms with Gasteiger partial charge in [0.15, 0.2) is 0 Å². The normalized spacial score (nSPS) is 11.1. The van der Waals surface area contributed by atoms with Gasteiger partial charge in [0.2, 0.25) is 5.91 Å². The van der Waals surface area contributed by atoms with E-state index in [2.05, 4.69) is 5.16 Å². The number of rotatable bonds is 6. The van der Waals surface area contributed by atoms with Crippen LogP contribution in [-0.4, -0.2) is 12.1 Å². The number of hydrogen-bond donors (Lipinski definition) is 1. The predicted octanol–water partition coefficient (Wildman–Crippen LogP) is 3.82. The summed E-state index contributed by atoms with van der Waals surface area (Å²) in [6.45, 7) is 0.0452. The van der Waals surface area contributed by atoms with Crippen molar-refractivity contribution in [3.05, 3.63) is 83.2 Å². The van der Waals surface area contributed by atoms with Crippen molar-refractivity contribution < 1.29 is 14.0 Å². The van der Waals surface area contributed by atoms with Crippen LogP contribution in [0.3, 0.4) is 0 Å². The zero-order valence-electron chi connectivity index (χ0n) is 13.5. The Morgan fingerprint density at radius 2 is 1.80 bits per heavy atom. The largest absolute Gasteiger partial charge is 0.391 e. The summed E-state index contributed by atoms with van der Waals surface area (Å²) in [5.74, 6) is -0.810. The lowest BCUT2D eigenvalue weighted by molar-refractivity contribution is 0.100. The van der Waals surface area contributed by atoms with Crippen LogP contribution in [0.25, 0.3) is 10.8 Å². The van der Waals surface area contributed by atoms with Gasteiger partial charge in [-0.15, -0.1) is 0 Å². The highest BCUT2D eigenvalue weighted by atomic mass is 19.1. The van der Waals surface area contributed by atoms with E-state index in [0.717, 1.165) is 16.3 Å². The molecule has 5 heteroatoms. The van der Waals surface area contributed by atoms with E-state index in [0.29, 0.717) is 17.5 Å². The lowest BCUT2D eigenvalue weighted by Gasteiger charge is -2.08. The molecule has 25 heavy (non-hydrogen) atoms. The SMILES string of the molecule is NC(=O)c1c(CC=NOCc2ccccc2F)ccc2ccccc12. The summed E-state index contributed by atoms with van der Waals surface area (Å²) in [5, 5.41) is 5.60. The van der Waals surface area contributed by atoms with Gasteiger partial charge in [-0.1, -0.05) is 59.8 Å². The number of nitrogens with zero attached hydrogens (tertiary/aromatic N) is 1. The Morgan fingerprint density at radius 3 is 2.60 bits per heavy atom. The Morgan fingerprint density at radius 1 is 1.04 bits per heavy atom. The van der Waals surface area contributed by atoms with Crippen LogP contribution < -0.4 is 5.73 Å². The van der Waals surface area contributed by atoms with Crippen LogP contribution in [-0.2, 0) is 17.9 Å². The van der Waals surface area contributed by atoms with Crippen LogP contribution >= 0.6 is 0 Å². The van der Waals surface area contributed by atoms with Crippen molar-refractivity contribution in [3.8, 4) is 0 Å². The molecular formula is C20H17FN2O2. The molecule has 1 amide bonds. The van der Waals surface area contributed by atoms with Crippen LogP contribution in [0.4, 0.5) is 4.39 Å². The Bertz CT molecular complexity index is 938. The molecule has 0 saturated carbocycles. The van der Waals surface area contributed by atoms with Crippen LogP contribution in [0.2, 0.25) is 0 Å². The molecule has 126 valence electrons. The van der Waals surface area contributed by atoms with Crippen LogP contribution in [0, 0.1) is 5.82 Å². The minimum atomic E-state index is -0.479. The maximum absolute atomic E-state index is 13.5. The van der Waals surface area contributed by atoms with Crippen LogP contribution in [0.15, 0.2) is 65.8 Å². The van der Waals surface area contributed by atoms with Crippen LogP contribution in [0.5, 0.6) is 0 Å². The van der Waals surface area contributed by atoms with E-state index in [1.807, 2.05) is 36.4 Å². The molecule has 0 bridgehead atoms. The minimum Gasteiger partial charge on any atom is -0.391 e. The van der Waals surface area contributed by atoms with Crippen molar-refractivity contribution >= 4 is 22.9 Å². The topological polar surface area (TPSA) is 64.7 Å². The van der Waals surface area contributed by atoms with Gasteiger partial charge >= 0.3 is 0 Å². The first-order valence-electron chi connectivity index (χ1n) is 7.84. The van der Waals surface area contributed by atoms with Gasteiger partial charge in [0.25, 0.3) is 0 Å². The van der Waals surface area contributed by atoms with Gasteiger partial charge < -0.3 is 10.6 Å². The number of oxime groups is 1. The molecule has 3 aromatic carbocycles. The third-order valence-electron chi connectivity index (χ3n) is 3.90. The van der Waals surface area contributed by atoms with E-state index in [-0.39, 0.29) is 12.4 Å². The number of primary amides is 1.